The van der Waals surface area contributed by atoms with Crippen molar-refractivity contribution < 1.29 is 4.79 Å². The zero-order chi connectivity index (χ0) is 18.6. The Morgan fingerprint density at radius 2 is 2.00 bits per heavy atom. The molecule has 2 aromatic carbocycles. The fourth-order valence-corrected chi connectivity index (χ4v) is 4.18. The van der Waals surface area contributed by atoms with E-state index in [-0.39, 0.29) is 5.91 Å². The van der Waals surface area contributed by atoms with Crippen molar-refractivity contribution >= 4 is 44.2 Å². The number of amides is 1. The summed E-state index contributed by atoms with van der Waals surface area (Å²) in [6.07, 6.45) is 0.680. The Kier molecular flexibility index (Phi) is 5.36. The van der Waals surface area contributed by atoms with Crippen molar-refractivity contribution in [3.63, 3.8) is 0 Å². The number of thiophene rings is 1. The summed E-state index contributed by atoms with van der Waals surface area (Å²) in [5.74, 6) is 0.947. The van der Waals surface area contributed by atoms with Gasteiger partial charge in [0.25, 0.3) is 5.91 Å². The average molecular weight is 440 g/mol. The minimum Gasteiger partial charge on any atom is -0.351 e. The van der Waals surface area contributed by atoms with E-state index in [0.29, 0.717) is 13.0 Å². The molecule has 0 aliphatic carbocycles. The minimum atomic E-state index is -0.0281. The number of imidazole rings is 1. The van der Waals surface area contributed by atoms with E-state index < -0.39 is 0 Å². The molecular formula is C21H18BrN3OS. The van der Waals surface area contributed by atoms with Crippen molar-refractivity contribution in [2.24, 2.45) is 0 Å². The van der Waals surface area contributed by atoms with Gasteiger partial charge in [0.2, 0.25) is 0 Å². The first-order chi connectivity index (χ1) is 13.2. The lowest BCUT2D eigenvalue weighted by Crippen LogP contribution is -2.25. The predicted octanol–water partition coefficient (Wildman–Crippen LogP) is 4.88. The number of fused-ring (bicyclic) bond motifs is 1. The zero-order valence-electron chi connectivity index (χ0n) is 14.6. The maximum absolute atomic E-state index is 12.1. The van der Waals surface area contributed by atoms with E-state index in [9.17, 15) is 4.79 Å². The van der Waals surface area contributed by atoms with Gasteiger partial charge in [0.15, 0.2) is 0 Å². The highest BCUT2D eigenvalue weighted by Crippen LogP contribution is 2.20. The highest BCUT2D eigenvalue weighted by Gasteiger charge is 2.12. The van der Waals surface area contributed by atoms with Crippen LogP contribution in [0.15, 0.2) is 70.5 Å². The fraction of sp³-hybridized carbons (Fsp3) is 0.143. The molecule has 0 spiro atoms. The SMILES string of the molecule is O=C(NCCc1nc2ccccc2n1Cc1cccc(Br)c1)c1cccs1. The smallest absolute Gasteiger partial charge is 0.261 e. The molecule has 1 N–H and O–H groups in total. The van der Waals surface area contributed by atoms with Crippen LogP contribution < -0.4 is 5.32 Å². The molecule has 0 aliphatic heterocycles. The highest BCUT2D eigenvalue weighted by molar-refractivity contribution is 9.10. The monoisotopic (exact) mass is 439 g/mol. The molecule has 0 saturated carbocycles. The van der Waals surface area contributed by atoms with Crippen molar-refractivity contribution in [3.8, 4) is 0 Å². The van der Waals surface area contributed by atoms with Gasteiger partial charge in [-0.15, -0.1) is 11.3 Å². The van der Waals surface area contributed by atoms with E-state index in [1.807, 2.05) is 47.8 Å². The second-order valence-corrected chi connectivity index (χ2v) is 8.08. The summed E-state index contributed by atoms with van der Waals surface area (Å²) in [6.45, 7) is 1.30. The first-order valence-corrected chi connectivity index (χ1v) is 10.4. The Morgan fingerprint density at radius 3 is 2.81 bits per heavy atom. The lowest BCUT2D eigenvalue weighted by Gasteiger charge is -2.10. The van der Waals surface area contributed by atoms with Crippen LogP contribution in [0.1, 0.15) is 21.1 Å². The Morgan fingerprint density at radius 1 is 1.11 bits per heavy atom. The van der Waals surface area contributed by atoms with Crippen molar-refractivity contribution in [1.82, 2.24) is 14.9 Å². The van der Waals surface area contributed by atoms with E-state index in [1.165, 1.54) is 16.9 Å². The number of carbonyl (C=O) groups is 1. The molecule has 0 aliphatic rings. The molecule has 0 fully saturated rings. The highest BCUT2D eigenvalue weighted by atomic mass is 79.9. The van der Waals surface area contributed by atoms with Crippen LogP contribution in [-0.2, 0) is 13.0 Å². The van der Waals surface area contributed by atoms with Crippen LogP contribution in [0.5, 0.6) is 0 Å². The van der Waals surface area contributed by atoms with E-state index >= 15 is 0 Å². The number of benzene rings is 2. The molecule has 2 heterocycles. The maximum atomic E-state index is 12.1. The molecule has 0 bridgehead atoms. The normalized spacial score (nSPS) is 11.0. The number of aromatic nitrogens is 2. The van der Waals surface area contributed by atoms with Crippen LogP contribution in [0, 0.1) is 0 Å². The summed E-state index contributed by atoms with van der Waals surface area (Å²) in [7, 11) is 0. The fourth-order valence-electron chi connectivity index (χ4n) is 3.09. The number of hydrogen-bond donors (Lipinski definition) is 1. The van der Waals surface area contributed by atoms with Gasteiger partial charge in [0.1, 0.15) is 5.82 Å². The number of halogens is 1. The molecule has 4 rings (SSSR count). The summed E-state index contributed by atoms with van der Waals surface area (Å²) < 4.78 is 3.29. The number of nitrogens with zero attached hydrogens (tertiary/aromatic N) is 2. The van der Waals surface area contributed by atoms with E-state index in [0.717, 1.165) is 32.8 Å². The summed E-state index contributed by atoms with van der Waals surface area (Å²) in [5, 5.41) is 4.90. The third kappa shape index (κ3) is 4.12. The third-order valence-electron chi connectivity index (χ3n) is 4.34. The van der Waals surface area contributed by atoms with E-state index in [1.54, 1.807) is 0 Å². The second kappa shape index (κ2) is 8.06. The van der Waals surface area contributed by atoms with E-state index in [2.05, 4.69) is 44.0 Å². The van der Waals surface area contributed by atoms with E-state index in [4.69, 9.17) is 4.98 Å². The summed E-state index contributed by atoms with van der Waals surface area (Å²) in [6, 6.07) is 20.2. The number of para-hydroxylation sites is 2. The average Bonchev–Trinajstić information content (AvgIpc) is 3.31. The van der Waals surface area contributed by atoms with Gasteiger partial charge in [-0.25, -0.2) is 4.98 Å². The van der Waals surface area contributed by atoms with Crippen LogP contribution in [-0.4, -0.2) is 22.0 Å². The molecule has 27 heavy (non-hydrogen) atoms. The van der Waals surface area contributed by atoms with Gasteiger partial charge in [0.05, 0.1) is 15.9 Å². The number of rotatable bonds is 6. The van der Waals surface area contributed by atoms with Gasteiger partial charge in [-0.2, -0.15) is 0 Å². The first kappa shape index (κ1) is 17.9. The molecule has 1 amide bonds. The summed E-state index contributed by atoms with van der Waals surface area (Å²) in [4.78, 5) is 17.7. The van der Waals surface area contributed by atoms with Gasteiger partial charge < -0.3 is 9.88 Å². The minimum absolute atomic E-state index is 0.0281. The third-order valence-corrected chi connectivity index (χ3v) is 5.70. The van der Waals surface area contributed by atoms with Crippen LogP contribution >= 0.6 is 27.3 Å². The Bertz CT molecular complexity index is 1070. The van der Waals surface area contributed by atoms with Gasteiger partial charge >= 0.3 is 0 Å². The standard InChI is InChI=1S/C21H18BrN3OS/c22-16-6-3-5-15(13-16)14-25-18-8-2-1-7-17(18)24-20(25)10-11-23-21(26)19-9-4-12-27-19/h1-9,12-13H,10-11,14H2,(H,23,26). The largest absolute Gasteiger partial charge is 0.351 e. The van der Waals surface area contributed by atoms with Crippen molar-refractivity contribution in [2.45, 2.75) is 13.0 Å². The van der Waals surface area contributed by atoms with Crippen LogP contribution in [0.3, 0.4) is 0 Å². The molecule has 0 atom stereocenters. The molecule has 0 saturated heterocycles. The van der Waals surface area contributed by atoms with Crippen LogP contribution in [0.4, 0.5) is 0 Å². The molecule has 136 valence electrons. The predicted molar refractivity (Wildman–Crippen MR) is 113 cm³/mol. The van der Waals surface area contributed by atoms with Crippen LogP contribution in [0.2, 0.25) is 0 Å². The topological polar surface area (TPSA) is 46.9 Å². The maximum Gasteiger partial charge on any atom is 0.261 e. The Balaban J connectivity index is 1.55. The van der Waals surface area contributed by atoms with Crippen molar-refractivity contribution in [2.75, 3.05) is 6.54 Å². The van der Waals surface area contributed by atoms with Gasteiger partial charge in [0, 0.05) is 24.0 Å². The quantitative estimate of drug-likeness (QED) is 0.465. The lowest BCUT2D eigenvalue weighted by molar-refractivity contribution is 0.0958. The summed E-state index contributed by atoms with van der Waals surface area (Å²) in [5.41, 5.74) is 3.29. The molecule has 0 unspecified atom stereocenters. The van der Waals surface area contributed by atoms with Crippen molar-refractivity contribution in [1.29, 1.82) is 0 Å². The van der Waals surface area contributed by atoms with Crippen molar-refractivity contribution in [3.05, 3.63) is 86.8 Å². The molecule has 0 radical (unpaired) electrons. The van der Waals surface area contributed by atoms with Gasteiger partial charge in [-0.05, 0) is 41.3 Å². The van der Waals surface area contributed by atoms with Crippen LogP contribution in [0.25, 0.3) is 11.0 Å². The zero-order valence-corrected chi connectivity index (χ0v) is 17.0. The van der Waals surface area contributed by atoms with Gasteiger partial charge in [-0.3, -0.25) is 4.79 Å². The second-order valence-electron chi connectivity index (χ2n) is 6.22. The number of nitrogens with one attached hydrogen (secondary N) is 1. The Labute approximate surface area is 170 Å². The molecule has 2 aromatic heterocycles. The first-order valence-electron chi connectivity index (χ1n) is 8.71. The molecule has 4 nitrogen and oxygen atoms in total. The number of carbonyl (C=O) groups excluding carboxylic acids is 1. The molecular weight excluding hydrogens is 422 g/mol. The van der Waals surface area contributed by atoms with Gasteiger partial charge in [-0.1, -0.05) is 46.3 Å². The molecule has 6 heteroatoms. The Hall–Kier alpha value is -2.44. The number of hydrogen-bond acceptors (Lipinski definition) is 3. The lowest BCUT2D eigenvalue weighted by atomic mass is 10.2. The summed E-state index contributed by atoms with van der Waals surface area (Å²) >= 11 is 4.99. The molecule has 4 aromatic rings.